The predicted molar refractivity (Wildman–Crippen MR) is 85.9 cm³/mol. The van der Waals surface area contributed by atoms with Gasteiger partial charge >= 0.3 is 0 Å². The number of hydrogen-bond donors (Lipinski definition) is 1. The molecule has 0 saturated carbocycles. The van der Waals surface area contributed by atoms with E-state index in [-0.39, 0.29) is 0 Å². The topological polar surface area (TPSA) is 52.0 Å². The van der Waals surface area contributed by atoms with Gasteiger partial charge in [0.25, 0.3) is 0 Å². The summed E-state index contributed by atoms with van der Waals surface area (Å²) >= 11 is 0. The molecule has 0 aliphatic carbocycles. The quantitative estimate of drug-likeness (QED) is 0.759. The van der Waals surface area contributed by atoms with Gasteiger partial charge in [-0.2, -0.15) is 5.10 Å². The Morgan fingerprint density at radius 3 is 2.68 bits per heavy atom. The van der Waals surface area contributed by atoms with Crippen LogP contribution in [0.2, 0.25) is 0 Å². The van der Waals surface area contributed by atoms with Crippen molar-refractivity contribution in [1.82, 2.24) is 14.8 Å². The molecule has 112 valence electrons. The van der Waals surface area contributed by atoms with Crippen LogP contribution >= 0.6 is 0 Å². The molecule has 3 rings (SSSR count). The number of benzene rings is 1. The van der Waals surface area contributed by atoms with Gasteiger partial charge in [-0.05, 0) is 29.8 Å². The van der Waals surface area contributed by atoms with Crippen LogP contribution in [0.15, 0.2) is 60.9 Å². The number of rotatable bonds is 6. The second-order valence-corrected chi connectivity index (χ2v) is 4.93. The molecular formula is C17H18N4O. The summed E-state index contributed by atoms with van der Waals surface area (Å²) in [4.78, 5) is 4.38. The Bertz CT molecular complexity index is 708. The summed E-state index contributed by atoms with van der Waals surface area (Å²) in [6.45, 7) is 1.44. The highest BCUT2D eigenvalue weighted by molar-refractivity contribution is 5.45. The van der Waals surface area contributed by atoms with Gasteiger partial charge in [0.2, 0.25) is 5.88 Å². The van der Waals surface area contributed by atoms with E-state index in [1.807, 2.05) is 35.1 Å². The average molecular weight is 294 g/mol. The number of aromatic nitrogens is 3. The Balaban J connectivity index is 1.58. The minimum absolute atomic E-state index is 0.633. The van der Waals surface area contributed by atoms with E-state index in [2.05, 4.69) is 39.7 Å². The maximum Gasteiger partial charge on any atom is 0.213 e. The third kappa shape index (κ3) is 3.63. The second kappa shape index (κ2) is 6.76. The van der Waals surface area contributed by atoms with Crippen molar-refractivity contribution >= 4 is 5.69 Å². The van der Waals surface area contributed by atoms with Gasteiger partial charge in [0, 0.05) is 24.1 Å². The van der Waals surface area contributed by atoms with Crippen LogP contribution in [-0.2, 0) is 13.1 Å². The molecule has 0 saturated heterocycles. The molecule has 2 heterocycles. The fourth-order valence-corrected chi connectivity index (χ4v) is 2.17. The molecule has 5 nitrogen and oxygen atoms in total. The summed E-state index contributed by atoms with van der Waals surface area (Å²) in [6, 6.07) is 16.0. The van der Waals surface area contributed by atoms with Crippen LogP contribution < -0.4 is 10.1 Å². The summed E-state index contributed by atoms with van der Waals surface area (Å²) in [5.41, 5.74) is 3.22. The fourth-order valence-electron chi connectivity index (χ4n) is 2.17. The Kier molecular flexibility index (Phi) is 4.34. The molecule has 2 aromatic heterocycles. The molecule has 0 spiro atoms. The number of hydrogen-bond acceptors (Lipinski definition) is 4. The van der Waals surface area contributed by atoms with E-state index < -0.39 is 0 Å². The lowest BCUT2D eigenvalue weighted by molar-refractivity contribution is 0.396. The summed E-state index contributed by atoms with van der Waals surface area (Å²) in [5.74, 6) is 0.633. The maximum absolute atomic E-state index is 5.13. The van der Waals surface area contributed by atoms with Crippen molar-refractivity contribution in [3.05, 3.63) is 72.2 Å². The van der Waals surface area contributed by atoms with Gasteiger partial charge in [0.05, 0.1) is 25.9 Å². The van der Waals surface area contributed by atoms with E-state index in [9.17, 15) is 0 Å². The zero-order valence-corrected chi connectivity index (χ0v) is 12.4. The molecule has 5 heteroatoms. The van der Waals surface area contributed by atoms with E-state index in [4.69, 9.17) is 4.74 Å². The first-order valence-corrected chi connectivity index (χ1v) is 7.13. The molecule has 0 unspecified atom stereocenters. The highest BCUT2D eigenvalue weighted by Gasteiger charge is 1.99. The van der Waals surface area contributed by atoms with Crippen molar-refractivity contribution in [2.24, 2.45) is 0 Å². The fraction of sp³-hybridized carbons (Fsp3) is 0.176. The van der Waals surface area contributed by atoms with Gasteiger partial charge in [0.1, 0.15) is 0 Å². The predicted octanol–water partition coefficient (Wildman–Crippen LogP) is 2.95. The van der Waals surface area contributed by atoms with Crippen molar-refractivity contribution < 1.29 is 4.74 Å². The molecule has 0 radical (unpaired) electrons. The van der Waals surface area contributed by atoms with Crippen molar-refractivity contribution in [2.45, 2.75) is 13.1 Å². The van der Waals surface area contributed by atoms with Crippen LogP contribution in [-0.4, -0.2) is 21.9 Å². The third-order valence-corrected chi connectivity index (χ3v) is 3.32. The molecule has 1 N–H and O–H groups in total. The molecule has 0 atom stereocenters. The first-order chi connectivity index (χ1) is 10.8. The van der Waals surface area contributed by atoms with Gasteiger partial charge in [-0.25, -0.2) is 4.98 Å². The number of methoxy groups -OCH3 is 1. The highest BCUT2D eigenvalue weighted by atomic mass is 16.5. The Labute approximate surface area is 129 Å². The van der Waals surface area contributed by atoms with E-state index in [1.54, 1.807) is 13.3 Å². The van der Waals surface area contributed by atoms with Crippen LogP contribution in [0.5, 0.6) is 5.88 Å². The lowest BCUT2D eigenvalue weighted by Crippen LogP contribution is -2.03. The SMILES string of the molecule is COc1cccc(CNc2ccc(Cn3cccn3)cc2)n1. The van der Waals surface area contributed by atoms with Crippen LogP contribution in [0.3, 0.4) is 0 Å². The largest absolute Gasteiger partial charge is 0.481 e. The Morgan fingerprint density at radius 1 is 1.09 bits per heavy atom. The zero-order valence-electron chi connectivity index (χ0n) is 12.4. The lowest BCUT2D eigenvalue weighted by atomic mass is 10.2. The summed E-state index contributed by atoms with van der Waals surface area (Å²) in [7, 11) is 1.62. The van der Waals surface area contributed by atoms with Crippen molar-refractivity contribution in [1.29, 1.82) is 0 Å². The van der Waals surface area contributed by atoms with Crippen LogP contribution in [0.25, 0.3) is 0 Å². The summed E-state index contributed by atoms with van der Waals surface area (Å²) in [6.07, 6.45) is 3.75. The van der Waals surface area contributed by atoms with Crippen LogP contribution in [0.4, 0.5) is 5.69 Å². The van der Waals surface area contributed by atoms with E-state index in [0.29, 0.717) is 12.4 Å². The average Bonchev–Trinajstić information content (AvgIpc) is 3.07. The van der Waals surface area contributed by atoms with E-state index in [0.717, 1.165) is 17.9 Å². The van der Waals surface area contributed by atoms with E-state index >= 15 is 0 Å². The summed E-state index contributed by atoms with van der Waals surface area (Å²) in [5, 5.41) is 7.57. The van der Waals surface area contributed by atoms with Gasteiger partial charge < -0.3 is 10.1 Å². The van der Waals surface area contributed by atoms with Crippen molar-refractivity contribution in [3.63, 3.8) is 0 Å². The molecular weight excluding hydrogens is 276 g/mol. The van der Waals surface area contributed by atoms with Gasteiger partial charge in [-0.1, -0.05) is 18.2 Å². The Hall–Kier alpha value is -2.82. The zero-order chi connectivity index (χ0) is 15.2. The molecule has 0 aliphatic heterocycles. The number of ether oxygens (including phenoxy) is 1. The number of nitrogens with one attached hydrogen (secondary N) is 1. The number of anilines is 1. The normalized spacial score (nSPS) is 10.4. The van der Waals surface area contributed by atoms with Gasteiger partial charge in [-0.3, -0.25) is 4.68 Å². The first-order valence-electron chi connectivity index (χ1n) is 7.13. The maximum atomic E-state index is 5.13. The molecule has 0 aliphatic rings. The lowest BCUT2D eigenvalue weighted by Gasteiger charge is -2.08. The van der Waals surface area contributed by atoms with Crippen LogP contribution in [0, 0.1) is 0 Å². The molecule has 22 heavy (non-hydrogen) atoms. The van der Waals surface area contributed by atoms with Crippen LogP contribution in [0.1, 0.15) is 11.3 Å². The molecule has 0 amide bonds. The monoisotopic (exact) mass is 294 g/mol. The number of pyridine rings is 1. The smallest absolute Gasteiger partial charge is 0.213 e. The highest BCUT2D eigenvalue weighted by Crippen LogP contribution is 2.13. The van der Waals surface area contributed by atoms with E-state index in [1.165, 1.54) is 5.56 Å². The van der Waals surface area contributed by atoms with Gasteiger partial charge in [0.15, 0.2) is 0 Å². The first kappa shape index (κ1) is 14.1. The minimum Gasteiger partial charge on any atom is -0.481 e. The second-order valence-electron chi connectivity index (χ2n) is 4.93. The van der Waals surface area contributed by atoms with Gasteiger partial charge in [-0.15, -0.1) is 0 Å². The number of nitrogens with zero attached hydrogens (tertiary/aromatic N) is 3. The molecule has 3 aromatic rings. The summed E-state index contributed by atoms with van der Waals surface area (Å²) < 4.78 is 7.03. The Morgan fingerprint density at radius 2 is 1.95 bits per heavy atom. The molecule has 1 aromatic carbocycles. The molecule has 0 fully saturated rings. The molecule has 0 bridgehead atoms. The van der Waals surface area contributed by atoms with Crippen molar-refractivity contribution in [2.75, 3.05) is 12.4 Å². The van der Waals surface area contributed by atoms with Crippen molar-refractivity contribution in [3.8, 4) is 5.88 Å². The minimum atomic E-state index is 0.633. The third-order valence-electron chi connectivity index (χ3n) is 3.32. The standard InChI is InChI=1S/C17H18N4O/c1-22-17-5-2-4-16(20-17)12-18-15-8-6-14(7-9-15)13-21-11-3-10-19-21/h2-11,18H,12-13H2,1H3.